The van der Waals surface area contributed by atoms with Gasteiger partial charge in [0.05, 0.1) is 31.0 Å². The highest BCUT2D eigenvalue weighted by molar-refractivity contribution is 7.95. The number of methoxy groups -OCH3 is 2. The Morgan fingerprint density at radius 1 is 1.31 bits per heavy atom. The van der Waals surface area contributed by atoms with Gasteiger partial charge in [-0.15, -0.1) is 0 Å². The number of allylic oxidation sites excluding steroid dienone is 1. The summed E-state index contributed by atoms with van der Waals surface area (Å²) in [7, 11) is -0.752. The minimum absolute atomic E-state index is 0.0319. The van der Waals surface area contributed by atoms with Crippen LogP contribution in [0.4, 0.5) is 0 Å². The number of ether oxygens (including phenoxy) is 2. The first-order valence-electron chi connectivity index (χ1n) is 9.31. The maximum absolute atomic E-state index is 13.2. The molecule has 3 aliphatic carbocycles. The molecule has 2 bridgehead atoms. The summed E-state index contributed by atoms with van der Waals surface area (Å²) in [6, 6.07) is 0. The summed E-state index contributed by atoms with van der Waals surface area (Å²) in [5, 5.41) is 10.6. The highest BCUT2D eigenvalue weighted by Gasteiger charge is 2.65. The Morgan fingerprint density at radius 3 is 2.50 bits per heavy atom. The highest BCUT2D eigenvalue weighted by Crippen LogP contribution is 2.66. The first-order valence-corrected chi connectivity index (χ1v) is 11.0. The van der Waals surface area contributed by atoms with Crippen molar-refractivity contribution in [2.24, 2.45) is 22.7 Å². The van der Waals surface area contributed by atoms with Gasteiger partial charge in [0.15, 0.2) is 9.84 Å². The topological polar surface area (TPSA) is 89.9 Å². The maximum atomic E-state index is 13.2. The van der Waals surface area contributed by atoms with Gasteiger partial charge in [-0.05, 0) is 49.5 Å². The fourth-order valence-corrected chi connectivity index (χ4v) is 7.89. The number of hydrogen-bond acceptors (Lipinski definition) is 6. The van der Waals surface area contributed by atoms with E-state index in [2.05, 4.69) is 13.8 Å². The van der Waals surface area contributed by atoms with Crippen LogP contribution in [0.25, 0.3) is 0 Å². The van der Waals surface area contributed by atoms with Crippen LogP contribution in [-0.2, 0) is 24.1 Å². The van der Waals surface area contributed by atoms with Crippen LogP contribution in [0.15, 0.2) is 11.0 Å². The SMILES string of the molecule is COC(=O)[C@@H]1CCC(S(=O)(=O)C[C@]23CC[C@H](C[C@H]2O)C3(C)C)=C[C@H]1OC. The summed E-state index contributed by atoms with van der Waals surface area (Å²) < 4.78 is 36.6. The minimum atomic E-state index is -3.54. The monoisotopic (exact) mass is 386 g/mol. The van der Waals surface area contributed by atoms with E-state index < -0.39 is 33.4 Å². The zero-order valence-electron chi connectivity index (χ0n) is 16.0. The summed E-state index contributed by atoms with van der Waals surface area (Å²) in [6.45, 7) is 4.19. The van der Waals surface area contributed by atoms with Crippen molar-refractivity contribution in [1.82, 2.24) is 0 Å². The van der Waals surface area contributed by atoms with Gasteiger partial charge in [-0.2, -0.15) is 0 Å². The summed E-state index contributed by atoms with van der Waals surface area (Å²) >= 11 is 0. The van der Waals surface area contributed by atoms with Crippen LogP contribution in [0.1, 0.15) is 46.0 Å². The average Bonchev–Trinajstić information content (AvgIpc) is 2.94. The lowest BCUT2D eigenvalue weighted by Crippen LogP contribution is -2.45. The molecule has 0 radical (unpaired) electrons. The lowest BCUT2D eigenvalue weighted by molar-refractivity contribution is -0.149. The van der Waals surface area contributed by atoms with E-state index in [1.807, 2.05) is 0 Å². The zero-order valence-corrected chi connectivity index (χ0v) is 16.8. The van der Waals surface area contributed by atoms with Crippen molar-refractivity contribution in [3.05, 3.63) is 11.0 Å². The van der Waals surface area contributed by atoms with Gasteiger partial charge in [-0.3, -0.25) is 4.79 Å². The van der Waals surface area contributed by atoms with E-state index in [1.54, 1.807) is 6.08 Å². The van der Waals surface area contributed by atoms with Crippen LogP contribution in [0, 0.1) is 22.7 Å². The van der Waals surface area contributed by atoms with E-state index in [-0.39, 0.29) is 17.1 Å². The highest BCUT2D eigenvalue weighted by atomic mass is 32.2. The van der Waals surface area contributed by atoms with Gasteiger partial charge >= 0.3 is 5.97 Å². The van der Waals surface area contributed by atoms with Crippen molar-refractivity contribution in [2.45, 2.75) is 58.2 Å². The van der Waals surface area contributed by atoms with E-state index in [9.17, 15) is 18.3 Å². The molecular formula is C19H30O6S. The maximum Gasteiger partial charge on any atom is 0.311 e. The average molecular weight is 387 g/mol. The number of fused-ring (bicyclic) bond motifs is 2. The van der Waals surface area contributed by atoms with Gasteiger partial charge in [0.1, 0.15) is 0 Å². The fourth-order valence-electron chi connectivity index (χ4n) is 5.55. The van der Waals surface area contributed by atoms with E-state index in [0.717, 1.165) is 12.8 Å². The molecule has 0 aromatic rings. The van der Waals surface area contributed by atoms with Gasteiger partial charge in [-0.1, -0.05) is 13.8 Å². The molecule has 0 aromatic carbocycles. The summed E-state index contributed by atoms with van der Waals surface area (Å²) in [4.78, 5) is 12.2. The van der Waals surface area contributed by atoms with Crippen LogP contribution >= 0.6 is 0 Å². The molecule has 148 valence electrons. The van der Waals surface area contributed by atoms with E-state index in [0.29, 0.717) is 30.1 Å². The van der Waals surface area contributed by atoms with Crippen LogP contribution in [0.5, 0.6) is 0 Å². The predicted octanol–water partition coefficient (Wildman–Crippen LogP) is 2.07. The number of aliphatic hydroxyl groups is 1. The molecule has 0 saturated heterocycles. The predicted molar refractivity (Wildman–Crippen MR) is 97.0 cm³/mol. The summed E-state index contributed by atoms with van der Waals surface area (Å²) in [5.74, 6) is -0.514. The van der Waals surface area contributed by atoms with Crippen LogP contribution in [0.2, 0.25) is 0 Å². The Morgan fingerprint density at radius 2 is 2.00 bits per heavy atom. The largest absolute Gasteiger partial charge is 0.469 e. The zero-order chi connectivity index (χ0) is 19.3. The van der Waals surface area contributed by atoms with E-state index in [4.69, 9.17) is 9.47 Å². The van der Waals surface area contributed by atoms with Crippen LogP contribution in [0.3, 0.4) is 0 Å². The fraction of sp³-hybridized carbons (Fsp3) is 0.842. The molecule has 7 heteroatoms. The second-order valence-corrected chi connectivity index (χ2v) is 10.7. The molecule has 3 aliphatic rings. The van der Waals surface area contributed by atoms with Crippen molar-refractivity contribution in [1.29, 1.82) is 0 Å². The Hall–Kier alpha value is -0.920. The Bertz CT molecular complexity index is 710. The van der Waals surface area contributed by atoms with Gasteiger partial charge in [-0.25, -0.2) is 8.42 Å². The molecule has 6 nitrogen and oxygen atoms in total. The minimum Gasteiger partial charge on any atom is -0.469 e. The Labute approximate surface area is 155 Å². The summed E-state index contributed by atoms with van der Waals surface area (Å²) in [5.41, 5.74) is -0.775. The van der Waals surface area contributed by atoms with Crippen molar-refractivity contribution >= 4 is 15.8 Å². The van der Waals surface area contributed by atoms with Crippen LogP contribution < -0.4 is 0 Å². The van der Waals surface area contributed by atoms with Gasteiger partial charge in [0.25, 0.3) is 0 Å². The smallest absolute Gasteiger partial charge is 0.311 e. The summed E-state index contributed by atoms with van der Waals surface area (Å²) in [6.07, 6.45) is 3.49. The number of aliphatic hydroxyl groups excluding tert-OH is 1. The molecule has 2 saturated carbocycles. The van der Waals surface area contributed by atoms with Gasteiger partial charge in [0.2, 0.25) is 0 Å². The number of sulfone groups is 1. The third-order valence-corrected chi connectivity index (χ3v) is 9.49. The molecule has 2 fully saturated rings. The normalized spacial score (nSPS) is 38.9. The van der Waals surface area contributed by atoms with Crippen molar-refractivity contribution in [3.63, 3.8) is 0 Å². The standard InChI is InChI=1S/C19H30O6S/c1-18(2)12-7-8-19(18,16(20)9-12)11-26(22,23)13-5-6-14(17(21)25-4)15(10-13)24-3/h10,12,14-16,20H,5-9,11H2,1-4H3/t12-,14-,15-,16-,19-/m1/s1. The van der Waals surface area contributed by atoms with Gasteiger partial charge < -0.3 is 14.6 Å². The van der Waals surface area contributed by atoms with E-state index in [1.165, 1.54) is 14.2 Å². The number of esters is 1. The first-order chi connectivity index (χ1) is 12.1. The lowest BCUT2D eigenvalue weighted by Gasteiger charge is -2.40. The second kappa shape index (κ2) is 6.60. The van der Waals surface area contributed by atoms with Gasteiger partial charge in [0, 0.05) is 17.4 Å². The number of hydrogen-bond donors (Lipinski definition) is 1. The number of rotatable bonds is 5. The molecule has 0 spiro atoms. The first kappa shape index (κ1) is 19.8. The third kappa shape index (κ3) is 2.83. The number of carbonyl (C=O) groups is 1. The number of carbonyl (C=O) groups excluding carboxylic acids is 1. The Kier molecular flexibility index (Phi) is 5.04. The molecule has 3 rings (SSSR count). The molecular weight excluding hydrogens is 356 g/mol. The molecule has 1 N–H and O–H groups in total. The molecule has 0 aliphatic heterocycles. The molecule has 0 aromatic heterocycles. The molecule has 0 heterocycles. The van der Waals surface area contributed by atoms with Crippen molar-refractivity contribution < 1.29 is 27.8 Å². The molecule has 0 amide bonds. The lowest BCUT2D eigenvalue weighted by atomic mass is 9.70. The van der Waals surface area contributed by atoms with E-state index >= 15 is 0 Å². The molecule has 0 unspecified atom stereocenters. The van der Waals surface area contributed by atoms with Crippen molar-refractivity contribution in [2.75, 3.05) is 20.0 Å². The Balaban J connectivity index is 1.87. The molecule has 5 atom stereocenters. The third-order valence-electron chi connectivity index (χ3n) is 7.46. The van der Waals surface area contributed by atoms with Crippen molar-refractivity contribution in [3.8, 4) is 0 Å². The van der Waals surface area contributed by atoms with Crippen LogP contribution in [-0.4, -0.2) is 51.7 Å². The quantitative estimate of drug-likeness (QED) is 0.728. The molecule has 26 heavy (non-hydrogen) atoms. The second-order valence-electron chi connectivity index (χ2n) is 8.63.